The molecule has 6 heteroatoms. The highest BCUT2D eigenvalue weighted by Gasteiger charge is 2.49. The molecule has 132 valence electrons. The van der Waals surface area contributed by atoms with Crippen molar-refractivity contribution in [2.45, 2.75) is 32.3 Å². The Morgan fingerprint density at radius 1 is 1.36 bits per heavy atom. The SMILES string of the molecule is CCOC1CC2(CCN(C(=O)Nc3cccc4c(=O)[nH]ccc34)C2)C1. The van der Waals surface area contributed by atoms with Crippen LogP contribution in [-0.4, -0.2) is 41.7 Å². The lowest BCUT2D eigenvalue weighted by Gasteiger charge is -2.44. The van der Waals surface area contributed by atoms with Crippen molar-refractivity contribution in [3.05, 3.63) is 40.8 Å². The number of hydrogen-bond acceptors (Lipinski definition) is 3. The van der Waals surface area contributed by atoms with E-state index in [9.17, 15) is 9.59 Å². The second-order valence-electron chi connectivity index (χ2n) is 7.16. The maximum Gasteiger partial charge on any atom is 0.321 e. The largest absolute Gasteiger partial charge is 0.378 e. The van der Waals surface area contributed by atoms with E-state index in [-0.39, 0.29) is 17.0 Å². The summed E-state index contributed by atoms with van der Waals surface area (Å²) in [6.07, 6.45) is 5.10. The molecule has 0 atom stereocenters. The minimum absolute atomic E-state index is 0.0930. The van der Waals surface area contributed by atoms with Crippen molar-refractivity contribution in [2.24, 2.45) is 5.41 Å². The van der Waals surface area contributed by atoms with E-state index in [0.717, 1.165) is 44.3 Å². The molecule has 2 fully saturated rings. The summed E-state index contributed by atoms with van der Waals surface area (Å²) in [4.78, 5) is 29.1. The Morgan fingerprint density at radius 2 is 2.20 bits per heavy atom. The summed E-state index contributed by atoms with van der Waals surface area (Å²) >= 11 is 0. The molecule has 1 spiro atoms. The Labute approximate surface area is 146 Å². The number of pyridine rings is 1. The first-order chi connectivity index (χ1) is 12.1. The summed E-state index contributed by atoms with van der Waals surface area (Å²) in [7, 11) is 0. The second kappa shape index (κ2) is 6.19. The van der Waals surface area contributed by atoms with Crippen molar-refractivity contribution < 1.29 is 9.53 Å². The number of aromatic nitrogens is 1. The van der Waals surface area contributed by atoms with Gasteiger partial charge in [-0.25, -0.2) is 4.79 Å². The Kier molecular flexibility index (Phi) is 4.00. The number of carbonyl (C=O) groups excluding carboxylic acids is 1. The molecule has 2 aromatic rings. The minimum Gasteiger partial charge on any atom is -0.378 e. The molecular formula is C19H23N3O3. The van der Waals surface area contributed by atoms with Crippen LogP contribution in [0.5, 0.6) is 0 Å². The standard InChI is InChI=1S/C19H23N3O3/c1-2-25-13-10-19(11-13)7-9-22(12-19)18(24)21-16-5-3-4-15-14(16)6-8-20-17(15)23/h3-6,8,13H,2,7,9-12H2,1H3,(H,20,23)(H,21,24). The Hall–Kier alpha value is -2.34. The number of H-pyrrole nitrogens is 1. The summed E-state index contributed by atoms with van der Waals surface area (Å²) in [6.45, 7) is 4.34. The van der Waals surface area contributed by atoms with E-state index in [4.69, 9.17) is 4.74 Å². The maximum atomic E-state index is 12.7. The molecule has 1 aromatic heterocycles. The number of fused-ring (bicyclic) bond motifs is 1. The minimum atomic E-state index is -0.148. The van der Waals surface area contributed by atoms with Gasteiger partial charge in [0.1, 0.15) is 0 Å². The van der Waals surface area contributed by atoms with Crippen molar-refractivity contribution in [1.29, 1.82) is 0 Å². The molecular weight excluding hydrogens is 318 g/mol. The summed E-state index contributed by atoms with van der Waals surface area (Å²) in [5.74, 6) is 0. The van der Waals surface area contributed by atoms with Gasteiger partial charge in [0.15, 0.2) is 0 Å². The number of nitrogens with zero attached hydrogens (tertiary/aromatic N) is 1. The van der Waals surface area contributed by atoms with E-state index in [2.05, 4.69) is 10.3 Å². The van der Waals surface area contributed by atoms with Crippen LogP contribution in [0.15, 0.2) is 35.3 Å². The zero-order valence-corrected chi connectivity index (χ0v) is 14.4. The average molecular weight is 341 g/mol. The summed E-state index contributed by atoms with van der Waals surface area (Å²) in [5, 5.41) is 4.32. The fraction of sp³-hybridized carbons (Fsp3) is 0.474. The van der Waals surface area contributed by atoms with Crippen LogP contribution in [0.25, 0.3) is 10.8 Å². The summed E-state index contributed by atoms with van der Waals surface area (Å²) < 4.78 is 5.66. The normalized spacial score (nSPS) is 25.3. The highest BCUT2D eigenvalue weighted by Crippen LogP contribution is 2.49. The lowest BCUT2D eigenvalue weighted by atomic mass is 9.66. The third kappa shape index (κ3) is 2.91. The van der Waals surface area contributed by atoms with Crippen molar-refractivity contribution in [1.82, 2.24) is 9.88 Å². The lowest BCUT2D eigenvalue weighted by Crippen LogP contribution is -2.45. The van der Waals surface area contributed by atoms with Gasteiger partial charge in [-0.1, -0.05) is 6.07 Å². The van der Waals surface area contributed by atoms with Crippen molar-refractivity contribution in [2.75, 3.05) is 25.0 Å². The van der Waals surface area contributed by atoms with Gasteiger partial charge in [-0.15, -0.1) is 0 Å². The van der Waals surface area contributed by atoms with E-state index in [1.165, 1.54) is 0 Å². The number of benzene rings is 1. The van der Waals surface area contributed by atoms with Crippen LogP contribution in [0.2, 0.25) is 0 Å². The molecule has 2 heterocycles. The maximum absolute atomic E-state index is 12.7. The van der Waals surface area contributed by atoms with Crippen LogP contribution >= 0.6 is 0 Å². The van der Waals surface area contributed by atoms with Gasteiger partial charge < -0.3 is 19.9 Å². The molecule has 0 radical (unpaired) electrons. The molecule has 2 amide bonds. The van der Waals surface area contributed by atoms with Gasteiger partial charge in [0.25, 0.3) is 5.56 Å². The van der Waals surface area contributed by atoms with Crippen LogP contribution in [0.3, 0.4) is 0 Å². The van der Waals surface area contributed by atoms with Gasteiger partial charge in [-0.3, -0.25) is 4.79 Å². The van der Waals surface area contributed by atoms with Gasteiger partial charge in [-0.2, -0.15) is 0 Å². The molecule has 1 saturated carbocycles. The van der Waals surface area contributed by atoms with Crippen LogP contribution in [0.1, 0.15) is 26.2 Å². The van der Waals surface area contributed by atoms with Crippen molar-refractivity contribution in [3.63, 3.8) is 0 Å². The van der Waals surface area contributed by atoms with Crippen LogP contribution < -0.4 is 10.9 Å². The number of carbonyl (C=O) groups is 1. The number of anilines is 1. The monoisotopic (exact) mass is 341 g/mol. The number of aromatic amines is 1. The van der Waals surface area contributed by atoms with E-state index < -0.39 is 0 Å². The quantitative estimate of drug-likeness (QED) is 0.901. The first-order valence-electron chi connectivity index (χ1n) is 8.88. The van der Waals surface area contributed by atoms with Gasteiger partial charge in [0.2, 0.25) is 0 Å². The summed E-state index contributed by atoms with van der Waals surface area (Å²) in [6, 6.07) is 7.11. The highest BCUT2D eigenvalue weighted by atomic mass is 16.5. The van der Waals surface area contributed by atoms with Gasteiger partial charge in [0, 0.05) is 36.7 Å². The number of ether oxygens (including phenoxy) is 1. The number of likely N-dealkylation sites (tertiary alicyclic amines) is 1. The fourth-order valence-corrected chi connectivity index (χ4v) is 4.23. The molecule has 1 aliphatic heterocycles. The predicted molar refractivity (Wildman–Crippen MR) is 96.9 cm³/mol. The van der Waals surface area contributed by atoms with Crippen LogP contribution in [0.4, 0.5) is 10.5 Å². The highest BCUT2D eigenvalue weighted by molar-refractivity contribution is 6.01. The van der Waals surface area contributed by atoms with Gasteiger partial charge in [-0.05, 0) is 49.8 Å². The zero-order valence-electron chi connectivity index (χ0n) is 14.4. The number of amides is 2. The first-order valence-corrected chi connectivity index (χ1v) is 8.88. The number of nitrogens with one attached hydrogen (secondary N) is 2. The fourth-order valence-electron chi connectivity index (χ4n) is 4.23. The third-order valence-corrected chi connectivity index (χ3v) is 5.51. The first kappa shape index (κ1) is 16.1. The molecule has 0 bridgehead atoms. The Bertz CT molecular complexity index is 854. The second-order valence-corrected chi connectivity index (χ2v) is 7.16. The summed E-state index contributed by atoms with van der Waals surface area (Å²) in [5.41, 5.74) is 0.771. The van der Waals surface area contributed by atoms with Crippen LogP contribution in [-0.2, 0) is 4.74 Å². The Balaban J connectivity index is 1.45. The average Bonchev–Trinajstić information content (AvgIpc) is 3.01. The molecule has 2 aliphatic rings. The lowest BCUT2D eigenvalue weighted by molar-refractivity contribution is -0.0703. The van der Waals surface area contributed by atoms with Crippen LogP contribution in [0, 0.1) is 5.41 Å². The molecule has 1 aromatic carbocycles. The van der Waals surface area contributed by atoms with Gasteiger partial charge >= 0.3 is 6.03 Å². The zero-order chi connectivity index (χ0) is 17.4. The number of hydrogen-bond donors (Lipinski definition) is 2. The molecule has 2 N–H and O–H groups in total. The Morgan fingerprint density at radius 3 is 3.00 bits per heavy atom. The molecule has 4 rings (SSSR count). The molecule has 25 heavy (non-hydrogen) atoms. The third-order valence-electron chi connectivity index (χ3n) is 5.51. The molecule has 1 saturated heterocycles. The molecule has 1 aliphatic carbocycles. The van der Waals surface area contributed by atoms with E-state index in [1.807, 2.05) is 24.0 Å². The number of urea groups is 1. The smallest absolute Gasteiger partial charge is 0.321 e. The molecule has 6 nitrogen and oxygen atoms in total. The topological polar surface area (TPSA) is 74.4 Å². The van der Waals surface area contributed by atoms with Gasteiger partial charge in [0.05, 0.1) is 11.8 Å². The predicted octanol–water partition coefficient (Wildman–Crippen LogP) is 2.95. The van der Waals surface area contributed by atoms with E-state index in [1.54, 1.807) is 18.3 Å². The van der Waals surface area contributed by atoms with E-state index >= 15 is 0 Å². The number of rotatable bonds is 3. The van der Waals surface area contributed by atoms with E-state index in [0.29, 0.717) is 17.2 Å². The van der Waals surface area contributed by atoms with Crippen molar-refractivity contribution in [3.8, 4) is 0 Å². The van der Waals surface area contributed by atoms with Crippen molar-refractivity contribution >= 4 is 22.5 Å². The molecule has 0 unspecified atom stereocenters.